The maximum absolute atomic E-state index is 11.8. The first-order chi connectivity index (χ1) is 10.5. The smallest absolute Gasteiger partial charge is 0.413 e. The number of hydrogen-bond acceptors (Lipinski definition) is 6. The minimum atomic E-state index is -0.485. The van der Waals surface area contributed by atoms with Crippen LogP contribution in [-0.4, -0.2) is 30.3 Å². The van der Waals surface area contributed by atoms with E-state index in [1.807, 2.05) is 20.8 Å². The van der Waals surface area contributed by atoms with Crippen molar-refractivity contribution in [1.82, 2.24) is 4.98 Å². The molecule has 6 nitrogen and oxygen atoms in total. The Balaban J connectivity index is 1.93. The molecule has 0 aromatic carbocycles. The summed E-state index contributed by atoms with van der Waals surface area (Å²) in [6.07, 6.45) is 1.63. The zero-order valence-corrected chi connectivity index (χ0v) is 14.0. The van der Waals surface area contributed by atoms with Gasteiger partial charge in [0.2, 0.25) is 0 Å². The fourth-order valence-electron chi connectivity index (χ4n) is 2.26. The third-order valence-corrected chi connectivity index (χ3v) is 4.35. The number of esters is 1. The van der Waals surface area contributed by atoms with Crippen molar-refractivity contribution >= 4 is 28.5 Å². The molecule has 1 aromatic rings. The molecule has 1 aromatic heterocycles. The number of aromatic nitrogens is 1. The molecular weight excluding hydrogens is 304 g/mol. The molecule has 1 aliphatic rings. The Hall–Kier alpha value is -1.63. The van der Waals surface area contributed by atoms with Crippen LogP contribution in [0.5, 0.6) is 0 Å². The summed E-state index contributed by atoms with van der Waals surface area (Å²) in [5, 5.41) is 3.18. The second kappa shape index (κ2) is 7.58. The highest BCUT2D eigenvalue weighted by atomic mass is 32.1. The number of hydrogen-bond donors (Lipinski definition) is 1. The summed E-state index contributed by atoms with van der Waals surface area (Å²) in [5.74, 6) is 0.0432. The highest BCUT2D eigenvalue weighted by Gasteiger charge is 2.28. The monoisotopic (exact) mass is 326 g/mol. The van der Waals surface area contributed by atoms with Crippen LogP contribution in [0, 0.1) is 11.8 Å². The summed E-state index contributed by atoms with van der Waals surface area (Å²) in [6.45, 7) is 6.54. The molecule has 0 fully saturated rings. The van der Waals surface area contributed by atoms with E-state index in [1.165, 1.54) is 11.3 Å². The highest BCUT2D eigenvalue weighted by Crippen LogP contribution is 2.32. The topological polar surface area (TPSA) is 77.5 Å². The van der Waals surface area contributed by atoms with E-state index in [0.29, 0.717) is 30.7 Å². The lowest BCUT2D eigenvalue weighted by Crippen LogP contribution is -2.24. The van der Waals surface area contributed by atoms with Crippen LogP contribution in [0.25, 0.3) is 0 Å². The summed E-state index contributed by atoms with van der Waals surface area (Å²) in [5.41, 5.74) is 0.963. The van der Waals surface area contributed by atoms with E-state index < -0.39 is 6.09 Å². The standard InChI is InChI=1S/C15H22N2O4S/c1-4-20-13(18)10-5-6-11-12(7-10)22-14(16-11)17-15(19)21-8-9(2)3/h9-10H,4-8H2,1-3H3,(H,16,17,19). The molecule has 0 bridgehead atoms. The van der Waals surface area contributed by atoms with E-state index in [4.69, 9.17) is 9.47 Å². The maximum atomic E-state index is 11.8. The molecule has 1 amide bonds. The first-order valence-electron chi connectivity index (χ1n) is 7.58. The van der Waals surface area contributed by atoms with Crippen molar-refractivity contribution in [2.24, 2.45) is 11.8 Å². The minimum absolute atomic E-state index is 0.103. The van der Waals surface area contributed by atoms with Crippen molar-refractivity contribution in [3.63, 3.8) is 0 Å². The number of nitrogens with one attached hydrogen (secondary N) is 1. The number of fused-ring (bicyclic) bond motifs is 1. The van der Waals surface area contributed by atoms with Gasteiger partial charge < -0.3 is 9.47 Å². The van der Waals surface area contributed by atoms with Crippen LogP contribution >= 0.6 is 11.3 Å². The molecule has 0 saturated heterocycles. The van der Waals surface area contributed by atoms with Crippen molar-refractivity contribution in [2.45, 2.75) is 40.0 Å². The predicted molar refractivity (Wildman–Crippen MR) is 84.1 cm³/mol. The largest absolute Gasteiger partial charge is 0.466 e. The number of anilines is 1. The Kier molecular flexibility index (Phi) is 5.76. The number of thiazole rings is 1. The molecular formula is C15H22N2O4S. The van der Waals surface area contributed by atoms with E-state index in [-0.39, 0.29) is 11.9 Å². The van der Waals surface area contributed by atoms with E-state index in [2.05, 4.69) is 10.3 Å². The molecule has 0 aliphatic heterocycles. The highest BCUT2D eigenvalue weighted by molar-refractivity contribution is 7.15. The van der Waals surface area contributed by atoms with Gasteiger partial charge in [-0.1, -0.05) is 13.8 Å². The summed E-state index contributed by atoms with van der Waals surface area (Å²) in [7, 11) is 0. The summed E-state index contributed by atoms with van der Waals surface area (Å²) in [4.78, 5) is 28.9. The van der Waals surface area contributed by atoms with Gasteiger partial charge in [0.15, 0.2) is 5.13 Å². The first kappa shape index (κ1) is 16.7. The molecule has 1 heterocycles. The van der Waals surface area contributed by atoms with Gasteiger partial charge >= 0.3 is 12.1 Å². The Morgan fingerprint density at radius 1 is 1.41 bits per heavy atom. The zero-order chi connectivity index (χ0) is 16.1. The fraction of sp³-hybridized carbons (Fsp3) is 0.667. The molecule has 1 unspecified atom stereocenters. The van der Waals surface area contributed by atoms with Gasteiger partial charge in [0.05, 0.1) is 24.8 Å². The van der Waals surface area contributed by atoms with Gasteiger partial charge in [0, 0.05) is 4.88 Å². The second-order valence-electron chi connectivity index (χ2n) is 5.70. The number of nitrogens with zero attached hydrogens (tertiary/aromatic N) is 1. The van der Waals surface area contributed by atoms with Gasteiger partial charge in [0.1, 0.15) is 0 Å². The Bertz CT molecular complexity index is 542. The number of carbonyl (C=O) groups excluding carboxylic acids is 2. The third-order valence-electron chi connectivity index (χ3n) is 3.32. The number of aryl methyl sites for hydroxylation is 1. The van der Waals surface area contributed by atoms with Crippen LogP contribution in [0.15, 0.2) is 0 Å². The minimum Gasteiger partial charge on any atom is -0.466 e. The Labute approximate surface area is 134 Å². The average molecular weight is 326 g/mol. The SMILES string of the molecule is CCOC(=O)C1CCc2nc(NC(=O)OCC(C)C)sc2C1. The number of amides is 1. The van der Waals surface area contributed by atoms with Gasteiger partial charge in [-0.2, -0.15) is 0 Å². The number of carbonyl (C=O) groups is 2. The molecule has 0 saturated carbocycles. The molecule has 2 rings (SSSR count). The molecule has 22 heavy (non-hydrogen) atoms. The molecule has 7 heteroatoms. The molecule has 1 atom stereocenters. The van der Waals surface area contributed by atoms with E-state index in [9.17, 15) is 9.59 Å². The van der Waals surface area contributed by atoms with Gasteiger partial charge in [-0.3, -0.25) is 10.1 Å². The van der Waals surface area contributed by atoms with E-state index >= 15 is 0 Å². The zero-order valence-electron chi connectivity index (χ0n) is 13.2. The lowest BCUT2D eigenvalue weighted by Gasteiger charge is -2.18. The molecule has 1 N–H and O–H groups in total. The molecule has 122 valence electrons. The van der Waals surface area contributed by atoms with E-state index in [1.54, 1.807) is 0 Å². The van der Waals surface area contributed by atoms with Gasteiger partial charge in [-0.05, 0) is 32.1 Å². The van der Waals surface area contributed by atoms with Crippen molar-refractivity contribution in [1.29, 1.82) is 0 Å². The second-order valence-corrected chi connectivity index (χ2v) is 6.78. The third kappa shape index (κ3) is 4.43. The lowest BCUT2D eigenvalue weighted by atomic mass is 9.91. The molecule has 1 aliphatic carbocycles. The lowest BCUT2D eigenvalue weighted by molar-refractivity contribution is -0.148. The predicted octanol–water partition coefficient (Wildman–Crippen LogP) is 3.02. The average Bonchev–Trinajstić information content (AvgIpc) is 2.86. The van der Waals surface area contributed by atoms with E-state index in [0.717, 1.165) is 23.4 Å². The summed E-state index contributed by atoms with van der Waals surface area (Å²) < 4.78 is 10.2. The van der Waals surface area contributed by atoms with Crippen molar-refractivity contribution in [3.05, 3.63) is 10.6 Å². The van der Waals surface area contributed by atoms with Crippen molar-refractivity contribution < 1.29 is 19.1 Å². The van der Waals surface area contributed by atoms with Crippen molar-refractivity contribution in [3.8, 4) is 0 Å². The molecule has 0 radical (unpaired) electrons. The van der Waals surface area contributed by atoms with Crippen LogP contribution in [0.2, 0.25) is 0 Å². The number of rotatable bonds is 5. The van der Waals surface area contributed by atoms with Crippen LogP contribution in [-0.2, 0) is 27.1 Å². The van der Waals surface area contributed by atoms with Gasteiger partial charge in [0.25, 0.3) is 0 Å². The van der Waals surface area contributed by atoms with Gasteiger partial charge in [-0.15, -0.1) is 11.3 Å². The van der Waals surface area contributed by atoms with Gasteiger partial charge in [-0.25, -0.2) is 9.78 Å². The maximum Gasteiger partial charge on any atom is 0.413 e. The van der Waals surface area contributed by atoms with Crippen LogP contribution in [0.4, 0.5) is 9.93 Å². The Morgan fingerprint density at radius 2 is 2.18 bits per heavy atom. The molecule has 0 spiro atoms. The first-order valence-corrected chi connectivity index (χ1v) is 8.40. The normalized spacial score (nSPS) is 17.0. The van der Waals surface area contributed by atoms with Crippen molar-refractivity contribution in [2.75, 3.05) is 18.5 Å². The van der Waals surface area contributed by atoms with Crippen LogP contribution in [0.1, 0.15) is 37.8 Å². The van der Waals surface area contributed by atoms with Crippen LogP contribution < -0.4 is 5.32 Å². The summed E-state index contributed by atoms with van der Waals surface area (Å²) >= 11 is 1.41. The Morgan fingerprint density at radius 3 is 2.86 bits per heavy atom. The van der Waals surface area contributed by atoms with Crippen LogP contribution in [0.3, 0.4) is 0 Å². The summed E-state index contributed by atoms with van der Waals surface area (Å²) in [6, 6.07) is 0. The number of ether oxygens (including phenoxy) is 2. The quantitative estimate of drug-likeness (QED) is 0.842. The fourth-order valence-corrected chi connectivity index (χ4v) is 3.33.